The number of sulfone groups is 1. The fourth-order valence-electron chi connectivity index (χ4n) is 4.14. The van der Waals surface area contributed by atoms with Crippen molar-refractivity contribution in [3.8, 4) is 17.0 Å². The van der Waals surface area contributed by atoms with E-state index in [1.807, 2.05) is 37.3 Å². The van der Waals surface area contributed by atoms with Crippen LogP contribution in [0.3, 0.4) is 0 Å². The van der Waals surface area contributed by atoms with E-state index in [0.717, 1.165) is 5.56 Å². The maximum Gasteiger partial charge on any atom is 0.296 e. The first-order valence-electron chi connectivity index (χ1n) is 11.7. The summed E-state index contributed by atoms with van der Waals surface area (Å²) in [6.07, 6.45) is 1.82. The number of hydrogen-bond acceptors (Lipinski definition) is 7. The van der Waals surface area contributed by atoms with Crippen molar-refractivity contribution in [2.45, 2.75) is 42.7 Å². The van der Waals surface area contributed by atoms with E-state index >= 15 is 0 Å². The lowest BCUT2D eigenvalue weighted by atomic mass is 10.0. The normalized spacial score (nSPS) is 12.4. The van der Waals surface area contributed by atoms with E-state index < -0.39 is 38.2 Å². The first-order valence-corrected chi connectivity index (χ1v) is 13.2. The molecule has 0 fully saturated rings. The molecular weight excluding hydrogens is 497 g/mol. The predicted molar refractivity (Wildman–Crippen MR) is 135 cm³/mol. The second-order valence-electron chi connectivity index (χ2n) is 8.23. The Morgan fingerprint density at radius 3 is 2.27 bits per heavy atom. The molecule has 0 unspecified atom stereocenters. The van der Waals surface area contributed by atoms with Crippen LogP contribution in [0.4, 0.5) is 4.39 Å². The van der Waals surface area contributed by atoms with Crippen molar-refractivity contribution in [2.24, 2.45) is 0 Å². The zero-order chi connectivity index (χ0) is 26.6. The third-order valence-electron chi connectivity index (χ3n) is 5.95. The van der Waals surface area contributed by atoms with Crippen LogP contribution in [-0.4, -0.2) is 34.7 Å². The van der Waals surface area contributed by atoms with Crippen molar-refractivity contribution in [3.05, 3.63) is 101 Å². The molecule has 192 valence electrons. The summed E-state index contributed by atoms with van der Waals surface area (Å²) in [4.78, 5) is 19.6. The minimum Gasteiger partial charge on any atom is -0.493 e. The summed E-state index contributed by atoms with van der Waals surface area (Å²) in [5, 5.41) is 11.3. The number of benzene rings is 2. The van der Waals surface area contributed by atoms with Crippen LogP contribution >= 0.6 is 0 Å². The molecular formula is C27H26FN3O5S. The lowest BCUT2D eigenvalue weighted by Crippen LogP contribution is -2.28. The van der Waals surface area contributed by atoms with Gasteiger partial charge >= 0.3 is 0 Å². The summed E-state index contributed by atoms with van der Waals surface area (Å²) in [7, 11) is -4.45. The number of halogens is 1. The van der Waals surface area contributed by atoms with E-state index in [0.29, 0.717) is 24.2 Å². The van der Waals surface area contributed by atoms with E-state index in [4.69, 9.17) is 4.74 Å². The molecule has 2 aromatic carbocycles. The van der Waals surface area contributed by atoms with Gasteiger partial charge in [0.05, 0.1) is 10.9 Å². The zero-order valence-electron chi connectivity index (χ0n) is 20.3. The number of rotatable bonds is 9. The molecule has 10 heteroatoms. The molecule has 0 aliphatic heterocycles. The van der Waals surface area contributed by atoms with Gasteiger partial charge in [0.25, 0.3) is 5.56 Å². The van der Waals surface area contributed by atoms with Crippen molar-refractivity contribution >= 4 is 9.84 Å². The fraction of sp³-hybridized carbons (Fsp3) is 0.222. The Bertz CT molecular complexity index is 1540. The first kappa shape index (κ1) is 26.2. The Kier molecular flexibility index (Phi) is 7.80. The van der Waals surface area contributed by atoms with Gasteiger partial charge < -0.3 is 9.84 Å². The van der Waals surface area contributed by atoms with Crippen LogP contribution in [-0.2, 0) is 21.2 Å². The van der Waals surface area contributed by atoms with E-state index in [9.17, 15) is 22.7 Å². The Hall–Kier alpha value is -3.89. The molecule has 0 amide bonds. The smallest absolute Gasteiger partial charge is 0.296 e. The maximum absolute atomic E-state index is 13.6. The lowest BCUT2D eigenvalue weighted by Gasteiger charge is -2.25. The van der Waals surface area contributed by atoms with Crippen LogP contribution in [0.15, 0.2) is 87.5 Å². The zero-order valence-corrected chi connectivity index (χ0v) is 21.2. The van der Waals surface area contributed by atoms with Crippen molar-refractivity contribution in [1.82, 2.24) is 14.5 Å². The van der Waals surface area contributed by atoms with E-state index in [-0.39, 0.29) is 17.3 Å². The Labute approximate surface area is 214 Å². The van der Waals surface area contributed by atoms with Crippen LogP contribution in [0.5, 0.6) is 5.88 Å². The molecule has 1 atom stereocenters. The van der Waals surface area contributed by atoms with Crippen molar-refractivity contribution in [2.75, 3.05) is 6.61 Å². The summed E-state index contributed by atoms with van der Waals surface area (Å²) >= 11 is 0. The van der Waals surface area contributed by atoms with Crippen LogP contribution in [0.1, 0.15) is 37.7 Å². The second kappa shape index (κ2) is 11.0. The number of aromatic nitrogens is 3. The molecule has 2 aromatic heterocycles. The molecule has 0 bridgehead atoms. The van der Waals surface area contributed by atoms with Gasteiger partial charge in [0, 0.05) is 18.4 Å². The Balaban J connectivity index is 1.84. The molecule has 37 heavy (non-hydrogen) atoms. The van der Waals surface area contributed by atoms with Crippen LogP contribution < -0.4 is 5.56 Å². The number of ether oxygens (including phenoxy) is 1. The molecule has 0 aliphatic carbocycles. The molecule has 0 aliphatic rings. The third-order valence-corrected chi connectivity index (χ3v) is 7.73. The van der Waals surface area contributed by atoms with Gasteiger partial charge in [-0.15, -0.1) is 0 Å². The molecule has 0 saturated carbocycles. The SMILES string of the molecule is CCOCc1nc(=O)c(S(=O)(=O)c2ccc(-c3ccc(F)nc3)cc2)c(O)n1[C@@H](CC)c1ccccc1. The van der Waals surface area contributed by atoms with Gasteiger partial charge in [-0.3, -0.25) is 9.36 Å². The molecule has 8 nitrogen and oxygen atoms in total. The van der Waals surface area contributed by atoms with E-state index in [2.05, 4.69) is 9.97 Å². The molecule has 0 radical (unpaired) electrons. The first-order chi connectivity index (χ1) is 17.8. The molecule has 0 spiro atoms. The minimum absolute atomic E-state index is 0.0800. The molecule has 2 heterocycles. The molecule has 1 N–H and O–H groups in total. The van der Waals surface area contributed by atoms with Gasteiger partial charge in [0.2, 0.25) is 21.7 Å². The predicted octanol–water partition coefficient (Wildman–Crippen LogP) is 4.52. The van der Waals surface area contributed by atoms with E-state index in [1.165, 1.54) is 47.2 Å². The average molecular weight is 524 g/mol. The van der Waals surface area contributed by atoms with Gasteiger partial charge in [-0.2, -0.15) is 9.37 Å². The van der Waals surface area contributed by atoms with Gasteiger partial charge in [0.1, 0.15) is 12.4 Å². The Morgan fingerprint density at radius 1 is 1.00 bits per heavy atom. The van der Waals surface area contributed by atoms with Crippen molar-refractivity contribution in [3.63, 3.8) is 0 Å². The lowest BCUT2D eigenvalue weighted by molar-refractivity contribution is 0.121. The van der Waals surface area contributed by atoms with Crippen molar-refractivity contribution < 1.29 is 22.7 Å². The van der Waals surface area contributed by atoms with Crippen LogP contribution in [0.25, 0.3) is 11.1 Å². The largest absolute Gasteiger partial charge is 0.493 e. The molecule has 4 rings (SSSR count). The highest BCUT2D eigenvalue weighted by Crippen LogP contribution is 2.33. The monoisotopic (exact) mass is 523 g/mol. The summed E-state index contributed by atoms with van der Waals surface area (Å²) in [5.74, 6) is -1.20. The summed E-state index contributed by atoms with van der Waals surface area (Å²) in [5.41, 5.74) is 0.932. The molecule has 0 saturated heterocycles. The number of aromatic hydroxyl groups is 1. The number of pyridine rings is 1. The standard InChI is InChI=1S/C27H26FN3O5S/c1-3-22(19-8-6-5-7-9-19)31-24(17-36-4-2)30-26(32)25(27(31)33)37(34,35)21-13-10-18(11-14-21)20-12-15-23(28)29-16-20/h5-16,22,33H,3-4,17H2,1-2H3/t22-/m0/s1. The number of nitrogens with zero attached hydrogens (tertiary/aromatic N) is 3. The average Bonchev–Trinajstić information content (AvgIpc) is 2.90. The van der Waals surface area contributed by atoms with E-state index in [1.54, 1.807) is 6.92 Å². The van der Waals surface area contributed by atoms with Gasteiger partial charge in [-0.25, -0.2) is 13.4 Å². The maximum atomic E-state index is 13.6. The summed E-state index contributed by atoms with van der Waals surface area (Å²) in [6, 6.07) is 17.1. The highest BCUT2D eigenvalue weighted by molar-refractivity contribution is 7.91. The quantitative estimate of drug-likeness (QED) is 0.321. The minimum atomic E-state index is -4.45. The van der Waals surface area contributed by atoms with Crippen LogP contribution in [0, 0.1) is 5.95 Å². The molecule has 4 aromatic rings. The highest BCUT2D eigenvalue weighted by atomic mass is 32.2. The second-order valence-corrected chi connectivity index (χ2v) is 10.1. The van der Waals surface area contributed by atoms with Gasteiger partial charge in [0.15, 0.2) is 4.90 Å². The highest BCUT2D eigenvalue weighted by Gasteiger charge is 2.32. The Morgan fingerprint density at radius 2 is 1.68 bits per heavy atom. The fourth-order valence-corrected chi connectivity index (χ4v) is 5.48. The number of hydrogen-bond donors (Lipinski definition) is 1. The topological polar surface area (TPSA) is 111 Å². The summed E-state index contributed by atoms with van der Waals surface area (Å²) in [6.45, 7) is 3.93. The third kappa shape index (κ3) is 5.30. The van der Waals surface area contributed by atoms with Crippen molar-refractivity contribution in [1.29, 1.82) is 0 Å². The van der Waals surface area contributed by atoms with Gasteiger partial charge in [-0.1, -0.05) is 49.4 Å². The van der Waals surface area contributed by atoms with Crippen LogP contribution in [0.2, 0.25) is 0 Å². The summed E-state index contributed by atoms with van der Waals surface area (Å²) < 4.78 is 47.1. The van der Waals surface area contributed by atoms with Gasteiger partial charge in [-0.05, 0) is 48.7 Å².